The number of amides is 1. The van der Waals surface area contributed by atoms with Crippen LogP contribution < -0.4 is 10.6 Å². The molecule has 3 rings (SSSR count). The Morgan fingerprint density at radius 1 is 1.17 bits per heavy atom. The normalized spacial score (nSPS) is 15.5. The maximum absolute atomic E-state index is 11.9. The Kier molecular flexibility index (Phi) is 7.28. The molecule has 0 saturated carbocycles. The molecule has 0 bridgehead atoms. The fraction of sp³-hybridized carbons (Fsp3) is 0.417. The molecule has 1 aliphatic rings. The summed E-state index contributed by atoms with van der Waals surface area (Å²) in [6.07, 6.45) is 1.65. The van der Waals surface area contributed by atoms with E-state index in [9.17, 15) is 4.79 Å². The molecule has 1 amide bonds. The lowest BCUT2D eigenvalue weighted by Crippen LogP contribution is -2.38. The van der Waals surface area contributed by atoms with E-state index in [1.165, 1.54) is 16.7 Å². The van der Waals surface area contributed by atoms with Crippen molar-refractivity contribution in [3.05, 3.63) is 70.8 Å². The van der Waals surface area contributed by atoms with Crippen LogP contribution in [0.25, 0.3) is 0 Å². The van der Waals surface area contributed by atoms with Crippen molar-refractivity contribution in [1.29, 1.82) is 0 Å². The highest BCUT2D eigenvalue weighted by atomic mass is 16.2. The zero-order valence-corrected chi connectivity index (χ0v) is 17.7. The monoisotopic (exact) mass is 392 g/mol. The molecular formula is C24H32N4O. The highest BCUT2D eigenvalue weighted by Gasteiger charge is 2.19. The van der Waals surface area contributed by atoms with E-state index in [0.29, 0.717) is 19.5 Å². The number of guanidine groups is 1. The largest absolute Gasteiger partial charge is 0.357 e. The lowest BCUT2D eigenvalue weighted by molar-refractivity contribution is -0.128. The maximum atomic E-state index is 11.9. The summed E-state index contributed by atoms with van der Waals surface area (Å²) in [7, 11) is 0. The fourth-order valence-corrected chi connectivity index (χ4v) is 3.76. The quantitative estimate of drug-likeness (QED) is 0.554. The summed E-state index contributed by atoms with van der Waals surface area (Å²) < 4.78 is 0. The highest BCUT2D eigenvalue weighted by molar-refractivity contribution is 5.80. The van der Waals surface area contributed by atoms with Crippen LogP contribution in [0, 0.1) is 6.92 Å². The highest BCUT2D eigenvalue weighted by Crippen LogP contribution is 2.17. The predicted molar refractivity (Wildman–Crippen MR) is 119 cm³/mol. The minimum absolute atomic E-state index is 0.168. The zero-order valence-electron chi connectivity index (χ0n) is 17.7. The SMILES string of the molecule is CCNC(=NCc1cccc(CN2CCCC2=O)c1)NC(C)c1ccccc1C. The lowest BCUT2D eigenvalue weighted by Gasteiger charge is -2.20. The van der Waals surface area contributed by atoms with Gasteiger partial charge in [-0.25, -0.2) is 4.99 Å². The van der Waals surface area contributed by atoms with Crippen molar-refractivity contribution in [3.8, 4) is 0 Å². The van der Waals surface area contributed by atoms with Crippen LogP contribution in [0.15, 0.2) is 53.5 Å². The van der Waals surface area contributed by atoms with Crippen LogP contribution in [0.2, 0.25) is 0 Å². The van der Waals surface area contributed by atoms with Gasteiger partial charge in [-0.3, -0.25) is 4.79 Å². The molecule has 2 aromatic carbocycles. The molecule has 29 heavy (non-hydrogen) atoms. The number of nitrogens with one attached hydrogen (secondary N) is 2. The van der Waals surface area contributed by atoms with E-state index in [1.807, 2.05) is 4.90 Å². The number of carbonyl (C=O) groups excluding carboxylic acids is 1. The summed E-state index contributed by atoms with van der Waals surface area (Å²) in [6.45, 7) is 9.33. The van der Waals surface area contributed by atoms with Crippen molar-refractivity contribution in [2.24, 2.45) is 4.99 Å². The molecule has 0 radical (unpaired) electrons. The molecule has 2 aromatic rings. The Hall–Kier alpha value is -2.82. The van der Waals surface area contributed by atoms with Gasteiger partial charge < -0.3 is 15.5 Å². The fourth-order valence-electron chi connectivity index (χ4n) is 3.76. The maximum Gasteiger partial charge on any atom is 0.222 e. The molecular weight excluding hydrogens is 360 g/mol. The number of carbonyl (C=O) groups is 1. The third-order valence-corrected chi connectivity index (χ3v) is 5.31. The van der Waals surface area contributed by atoms with Gasteiger partial charge in [0.1, 0.15) is 0 Å². The molecule has 0 aliphatic carbocycles. The van der Waals surface area contributed by atoms with Gasteiger partial charge in [0.2, 0.25) is 5.91 Å². The number of hydrogen-bond acceptors (Lipinski definition) is 2. The summed E-state index contributed by atoms with van der Waals surface area (Å²) in [4.78, 5) is 18.6. The molecule has 1 heterocycles. The minimum Gasteiger partial charge on any atom is -0.357 e. The van der Waals surface area contributed by atoms with Crippen LogP contribution in [0.5, 0.6) is 0 Å². The van der Waals surface area contributed by atoms with E-state index in [-0.39, 0.29) is 11.9 Å². The second-order valence-corrected chi connectivity index (χ2v) is 7.66. The van der Waals surface area contributed by atoms with Crippen molar-refractivity contribution in [3.63, 3.8) is 0 Å². The van der Waals surface area contributed by atoms with Crippen molar-refractivity contribution in [2.75, 3.05) is 13.1 Å². The number of rotatable bonds is 7. The van der Waals surface area contributed by atoms with Gasteiger partial charge in [0.15, 0.2) is 5.96 Å². The predicted octanol–water partition coefficient (Wildman–Crippen LogP) is 3.93. The standard InChI is InChI=1S/C24H32N4O/c1-4-25-24(27-19(3)22-12-6-5-9-18(22)2)26-16-20-10-7-11-21(15-20)17-28-14-8-13-23(28)29/h5-7,9-12,15,19H,4,8,13-14,16-17H2,1-3H3,(H2,25,26,27). The molecule has 1 atom stereocenters. The van der Waals surface area contributed by atoms with Gasteiger partial charge in [-0.1, -0.05) is 48.5 Å². The second kappa shape index (κ2) is 10.1. The van der Waals surface area contributed by atoms with E-state index in [0.717, 1.165) is 31.0 Å². The number of hydrogen-bond donors (Lipinski definition) is 2. The van der Waals surface area contributed by atoms with Crippen LogP contribution in [0.4, 0.5) is 0 Å². The van der Waals surface area contributed by atoms with E-state index >= 15 is 0 Å². The number of likely N-dealkylation sites (tertiary alicyclic amines) is 1. The number of aryl methyl sites for hydroxylation is 1. The summed E-state index contributed by atoms with van der Waals surface area (Å²) in [6, 6.07) is 17.0. The van der Waals surface area contributed by atoms with Gasteiger partial charge in [-0.2, -0.15) is 0 Å². The molecule has 1 saturated heterocycles. The molecule has 5 heteroatoms. The molecule has 2 N–H and O–H groups in total. The van der Waals surface area contributed by atoms with E-state index < -0.39 is 0 Å². The molecule has 1 fully saturated rings. The van der Waals surface area contributed by atoms with Crippen LogP contribution in [-0.4, -0.2) is 29.9 Å². The molecule has 0 aromatic heterocycles. The van der Waals surface area contributed by atoms with Crippen LogP contribution >= 0.6 is 0 Å². The smallest absolute Gasteiger partial charge is 0.222 e. The van der Waals surface area contributed by atoms with E-state index in [2.05, 4.69) is 79.9 Å². The number of aliphatic imine (C=N–C) groups is 1. The van der Waals surface area contributed by atoms with Gasteiger partial charge in [0.25, 0.3) is 0 Å². The number of nitrogens with zero attached hydrogens (tertiary/aromatic N) is 2. The number of benzene rings is 2. The Labute approximate surface area is 174 Å². The van der Waals surface area contributed by atoms with Crippen LogP contribution in [-0.2, 0) is 17.9 Å². The summed E-state index contributed by atoms with van der Waals surface area (Å²) in [5.41, 5.74) is 4.86. The first-order valence-corrected chi connectivity index (χ1v) is 10.5. The lowest BCUT2D eigenvalue weighted by atomic mass is 10.0. The summed E-state index contributed by atoms with van der Waals surface area (Å²) >= 11 is 0. The minimum atomic E-state index is 0.168. The Balaban J connectivity index is 1.66. The van der Waals surface area contributed by atoms with Crippen molar-refractivity contribution in [1.82, 2.24) is 15.5 Å². The van der Waals surface area contributed by atoms with Gasteiger partial charge >= 0.3 is 0 Å². The van der Waals surface area contributed by atoms with E-state index in [4.69, 9.17) is 4.99 Å². The molecule has 0 spiro atoms. The Morgan fingerprint density at radius 3 is 2.69 bits per heavy atom. The average Bonchev–Trinajstić information content (AvgIpc) is 3.11. The molecule has 1 unspecified atom stereocenters. The average molecular weight is 393 g/mol. The van der Waals surface area contributed by atoms with Crippen LogP contribution in [0.3, 0.4) is 0 Å². The first-order chi connectivity index (χ1) is 14.1. The summed E-state index contributed by atoms with van der Waals surface area (Å²) in [5.74, 6) is 1.07. The van der Waals surface area contributed by atoms with E-state index in [1.54, 1.807) is 0 Å². The Morgan fingerprint density at radius 2 is 1.97 bits per heavy atom. The first-order valence-electron chi connectivity index (χ1n) is 10.5. The van der Waals surface area contributed by atoms with Gasteiger partial charge in [0, 0.05) is 26.1 Å². The zero-order chi connectivity index (χ0) is 20.6. The molecule has 1 aliphatic heterocycles. The van der Waals surface area contributed by atoms with Gasteiger partial charge in [-0.05, 0) is 49.4 Å². The third kappa shape index (κ3) is 5.83. The van der Waals surface area contributed by atoms with Crippen molar-refractivity contribution < 1.29 is 4.79 Å². The third-order valence-electron chi connectivity index (χ3n) is 5.31. The second-order valence-electron chi connectivity index (χ2n) is 7.66. The van der Waals surface area contributed by atoms with Crippen molar-refractivity contribution >= 4 is 11.9 Å². The molecule has 154 valence electrons. The summed E-state index contributed by atoms with van der Waals surface area (Å²) in [5, 5.41) is 6.85. The van der Waals surface area contributed by atoms with Gasteiger partial charge in [-0.15, -0.1) is 0 Å². The van der Waals surface area contributed by atoms with Crippen LogP contribution in [0.1, 0.15) is 55.0 Å². The van der Waals surface area contributed by atoms with Gasteiger partial charge in [0.05, 0.1) is 12.6 Å². The topological polar surface area (TPSA) is 56.7 Å². The Bertz CT molecular complexity index is 861. The molecule has 5 nitrogen and oxygen atoms in total. The van der Waals surface area contributed by atoms with Crippen molar-refractivity contribution in [2.45, 2.75) is 52.7 Å². The first kappa shape index (κ1) is 20.9.